The van der Waals surface area contributed by atoms with Crippen LogP contribution in [0.4, 0.5) is 0 Å². The molecule has 1 amide bonds. The van der Waals surface area contributed by atoms with Gasteiger partial charge in [-0.25, -0.2) is 0 Å². The van der Waals surface area contributed by atoms with E-state index in [-0.39, 0.29) is 5.91 Å². The Morgan fingerprint density at radius 1 is 1.03 bits per heavy atom. The molecule has 3 aliphatic rings. The molecule has 1 spiro atoms. The summed E-state index contributed by atoms with van der Waals surface area (Å²) >= 11 is 0. The van der Waals surface area contributed by atoms with Gasteiger partial charge in [0.1, 0.15) is 11.4 Å². The highest BCUT2D eigenvalue weighted by Crippen LogP contribution is 2.40. The van der Waals surface area contributed by atoms with E-state index in [2.05, 4.69) is 25.1 Å². The maximum Gasteiger partial charge on any atom is 0.494 e. The van der Waals surface area contributed by atoms with Gasteiger partial charge in [0, 0.05) is 6.42 Å². The number of hydrogen-bond donors (Lipinski definition) is 0. The van der Waals surface area contributed by atoms with Crippen LogP contribution >= 0.6 is 0 Å². The zero-order chi connectivity index (χ0) is 26.4. The number of carbonyl (C=O) groups excluding carboxylic acids is 1. The van der Waals surface area contributed by atoms with E-state index in [0.29, 0.717) is 12.1 Å². The Bertz CT molecular complexity index is 1250. The van der Waals surface area contributed by atoms with E-state index in [9.17, 15) is 10.1 Å². The summed E-state index contributed by atoms with van der Waals surface area (Å²) in [6.07, 6.45) is 5.67. The number of aliphatic imine (C=N–C) groups is 1. The van der Waals surface area contributed by atoms with Crippen LogP contribution in [0.25, 0.3) is 11.1 Å². The average molecular weight is 497 g/mol. The molecule has 192 valence electrons. The van der Waals surface area contributed by atoms with Crippen LogP contribution in [-0.4, -0.2) is 40.5 Å². The largest absolute Gasteiger partial charge is 0.494 e. The predicted octanol–water partition coefficient (Wildman–Crippen LogP) is 5.38. The zero-order valence-electron chi connectivity index (χ0n) is 22.6. The maximum absolute atomic E-state index is 13.4. The van der Waals surface area contributed by atoms with Crippen molar-refractivity contribution in [3.63, 3.8) is 0 Å². The van der Waals surface area contributed by atoms with Crippen molar-refractivity contribution in [1.82, 2.24) is 4.90 Å². The van der Waals surface area contributed by atoms with E-state index in [1.54, 1.807) is 0 Å². The van der Waals surface area contributed by atoms with E-state index in [0.717, 1.165) is 66.5 Å². The van der Waals surface area contributed by atoms with Crippen molar-refractivity contribution < 1.29 is 14.1 Å². The highest BCUT2D eigenvalue weighted by molar-refractivity contribution is 6.62. The van der Waals surface area contributed by atoms with E-state index < -0.39 is 23.9 Å². The summed E-state index contributed by atoms with van der Waals surface area (Å²) in [5, 5.41) is 9.79. The van der Waals surface area contributed by atoms with Gasteiger partial charge >= 0.3 is 7.12 Å². The summed E-state index contributed by atoms with van der Waals surface area (Å²) in [5.74, 6) is 1.10. The van der Waals surface area contributed by atoms with E-state index >= 15 is 0 Å². The van der Waals surface area contributed by atoms with Crippen LogP contribution in [0.5, 0.6) is 0 Å². The maximum atomic E-state index is 13.4. The Balaban J connectivity index is 1.38. The topological polar surface area (TPSA) is 74.9 Å². The minimum atomic E-state index is -0.514. The average Bonchev–Trinajstić information content (AvgIpc) is 3.50. The predicted molar refractivity (Wildman–Crippen MR) is 146 cm³/mol. The van der Waals surface area contributed by atoms with Crippen LogP contribution in [-0.2, 0) is 20.6 Å². The third-order valence-corrected chi connectivity index (χ3v) is 8.50. The molecule has 6 nitrogen and oxygen atoms in total. The lowest BCUT2D eigenvalue weighted by atomic mass is 9.77. The summed E-state index contributed by atoms with van der Waals surface area (Å²) in [7, 11) is -0.490. The van der Waals surface area contributed by atoms with Gasteiger partial charge in [-0.2, -0.15) is 5.26 Å². The highest BCUT2D eigenvalue weighted by Gasteiger charge is 2.52. The fourth-order valence-corrected chi connectivity index (χ4v) is 5.58. The first kappa shape index (κ1) is 25.7. The van der Waals surface area contributed by atoms with Gasteiger partial charge in [-0.05, 0) is 75.2 Å². The molecule has 0 radical (unpaired) electrons. The fraction of sp³-hybridized carbons (Fsp3) is 0.500. The van der Waals surface area contributed by atoms with Crippen LogP contribution in [0.15, 0.2) is 47.5 Å². The van der Waals surface area contributed by atoms with Gasteiger partial charge in [-0.15, -0.1) is 0 Å². The van der Waals surface area contributed by atoms with Gasteiger partial charge in [0.05, 0.1) is 29.4 Å². The number of amidine groups is 1. The third-order valence-electron chi connectivity index (χ3n) is 8.50. The van der Waals surface area contributed by atoms with Crippen LogP contribution in [0.1, 0.15) is 84.3 Å². The Kier molecular flexibility index (Phi) is 6.54. The van der Waals surface area contributed by atoms with Crippen molar-refractivity contribution in [2.24, 2.45) is 4.99 Å². The van der Waals surface area contributed by atoms with E-state index in [1.165, 1.54) is 0 Å². The Labute approximate surface area is 220 Å². The zero-order valence-corrected chi connectivity index (χ0v) is 22.6. The van der Waals surface area contributed by atoms with Gasteiger partial charge in [-0.3, -0.25) is 14.7 Å². The molecule has 2 aromatic rings. The molecule has 0 atom stereocenters. The molecule has 2 heterocycles. The first-order chi connectivity index (χ1) is 17.6. The Hall–Kier alpha value is -2.95. The van der Waals surface area contributed by atoms with Crippen LogP contribution in [0.3, 0.4) is 0 Å². The van der Waals surface area contributed by atoms with E-state index in [1.807, 2.05) is 62.9 Å². The first-order valence-electron chi connectivity index (χ1n) is 13.5. The number of amides is 1. The Morgan fingerprint density at radius 3 is 2.27 bits per heavy atom. The summed E-state index contributed by atoms with van der Waals surface area (Å²) in [4.78, 5) is 20.3. The minimum Gasteiger partial charge on any atom is -0.399 e. The van der Waals surface area contributed by atoms with Crippen molar-refractivity contribution in [3.05, 3.63) is 53.6 Å². The number of benzene rings is 2. The Morgan fingerprint density at radius 2 is 1.68 bits per heavy atom. The molecule has 2 aliphatic heterocycles. The lowest BCUT2D eigenvalue weighted by Gasteiger charge is -2.32. The number of carbonyl (C=O) groups is 1. The quantitative estimate of drug-likeness (QED) is 0.503. The van der Waals surface area contributed by atoms with Crippen LogP contribution in [0, 0.1) is 11.3 Å². The molecule has 2 fully saturated rings. The van der Waals surface area contributed by atoms with Gasteiger partial charge < -0.3 is 9.31 Å². The van der Waals surface area contributed by atoms with Crippen LogP contribution < -0.4 is 5.46 Å². The fourth-order valence-electron chi connectivity index (χ4n) is 5.58. The van der Waals surface area contributed by atoms with Crippen molar-refractivity contribution in [1.29, 1.82) is 5.26 Å². The second-order valence-electron chi connectivity index (χ2n) is 11.6. The number of rotatable bonds is 6. The molecule has 1 aliphatic carbocycles. The number of hydrogen-bond acceptors (Lipinski definition) is 5. The lowest BCUT2D eigenvalue weighted by molar-refractivity contribution is -0.131. The molecular weight excluding hydrogens is 461 g/mol. The standard InChI is InChI=1S/C30H36BN3O3/c1-6-9-26-33-30(16-7-8-17-30)27(35)34(26)20-21-10-12-22(13-11-21)25-18-24(15-14-23(25)19-32)31-36-28(2,3)29(4,5)37-31/h10-15,18H,6-9,16-17,20H2,1-5H3. The first-order valence-corrected chi connectivity index (χ1v) is 13.5. The third kappa shape index (κ3) is 4.51. The molecule has 37 heavy (non-hydrogen) atoms. The summed E-state index contributed by atoms with van der Waals surface area (Å²) in [6, 6.07) is 16.2. The summed E-state index contributed by atoms with van der Waals surface area (Å²) in [5.41, 5.74) is 2.95. The van der Waals surface area contributed by atoms with Gasteiger partial charge in [0.2, 0.25) is 0 Å². The van der Waals surface area contributed by atoms with E-state index in [4.69, 9.17) is 14.3 Å². The van der Waals surface area contributed by atoms with Crippen LogP contribution in [0.2, 0.25) is 0 Å². The van der Waals surface area contributed by atoms with Crippen molar-refractivity contribution in [2.75, 3.05) is 0 Å². The normalized spacial score (nSPS) is 21.5. The van der Waals surface area contributed by atoms with Crippen molar-refractivity contribution in [3.8, 4) is 17.2 Å². The minimum absolute atomic E-state index is 0.166. The van der Waals surface area contributed by atoms with Gasteiger partial charge in [0.15, 0.2) is 0 Å². The number of nitriles is 1. The molecule has 0 bridgehead atoms. The molecule has 1 saturated carbocycles. The monoisotopic (exact) mass is 497 g/mol. The molecule has 0 unspecified atom stereocenters. The lowest BCUT2D eigenvalue weighted by Crippen LogP contribution is -2.41. The second-order valence-corrected chi connectivity index (χ2v) is 11.6. The smallest absolute Gasteiger partial charge is 0.399 e. The highest BCUT2D eigenvalue weighted by atomic mass is 16.7. The van der Waals surface area contributed by atoms with Gasteiger partial charge in [-0.1, -0.05) is 56.2 Å². The molecule has 0 N–H and O–H groups in total. The molecule has 2 aromatic carbocycles. The molecule has 5 rings (SSSR count). The van der Waals surface area contributed by atoms with Crippen molar-refractivity contribution >= 4 is 24.3 Å². The SMILES string of the molecule is CCCC1=NC2(CCCC2)C(=O)N1Cc1ccc(-c2cc(B3OC(C)(C)C(C)(C)O3)ccc2C#N)cc1. The summed E-state index contributed by atoms with van der Waals surface area (Å²) < 4.78 is 12.5. The van der Waals surface area contributed by atoms with Gasteiger partial charge in [0.25, 0.3) is 5.91 Å². The molecule has 7 heteroatoms. The van der Waals surface area contributed by atoms with Crippen molar-refractivity contribution in [2.45, 2.75) is 96.4 Å². The second kappa shape index (κ2) is 9.42. The number of nitrogens with zero attached hydrogens (tertiary/aromatic N) is 3. The molecule has 0 aromatic heterocycles. The molecule has 1 saturated heterocycles. The summed E-state index contributed by atoms with van der Waals surface area (Å²) in [6.45, 7) is 10.8. The molecular formula is C30H36BN3O3.